The van der Waals surface area contributed by atoms with Crippen molar-refractivity contribution in [3.05, 3.63) is 59.7 Å². The molecule has 2 aromatic carbocycles. The first-order valence-electron chi connectivity index (χ1n) is 9.98. The number of hydrogen-bond acceptors (Lipinski definition) is 5. The van der Waals surface area contributed by atoms with Crippen LogP contribution in [0, 0.1) is 0 Å². The number of ether oxygens (including phenoxy) is 1. The molecule has 2 amide bonds. The summed E-state index contributed by atoms with van der Waals surface area (Å²) in [5.41, 5.74) is 8.59. The van der Waals surface area contributed by atoms with Crippen molar-refractivity contribution in [1.82, 2.24) is 15.8 Å². The summed E-state index contributed by atoms with van der Waals surface area (Å²) in [5.74, 6) is 0.720. The number of anilines is 1. The average Bonchev–Trinajstić information content (AvgIpc) is 3.45. The number of amides is 2. The highest BCUT2D eigenvalue weighted by molar-refractivity contribution is 6.01. The summed E-state index contributed by atoms with van der Waals surface area (Å²) in [7, 11) is 1.62. The highest BCUT2D eigenvalue weighted by Crippen LogP contribution is 2.30. The number of nitrogens with one attached hydrogen (secondary N) is 3. The Labute approximate surface area is 170 Å². The van der Waals surface area contributed by atoms with E-state index in [1.54, 1.807) is 18.1 Å². The van der Waals surface area contributed by atoms with Crippen molar-refractivity contribution >= 4 is 17.5 Å². The molecule has 0 saturated carbocycles. The number of benzene rings is 2. The van der Waals surface area contributed by atoms with Gasteiger partial charge in [-0.2, -0.15) is 0 Å². The van der Waals surface area contributed by atoms with Crippen molar-refractivity contribution < 1.29 is 14.3 Å². The summed E-state index contributed by atoms with van der Waals surface area (Å²) < 4.78 is 5.56. The second-order valence-electron chi connectivity index (χ2n) is 7.43. The minimum atomic E-state index is -0.461. The highest BCUT2D eigenvalue weighted by atomic mass is 16.5. The van der Waals surface area contributed by atoms with Crippen molar-refractivity contribution in [3.63, 3.8) is 0 Å². The van der Waals surface area contributed by atoms with Gasteiger partial charge in [-0.3, -0.25) is 20.4 Å². The van der Waals surface area contributed by atoms with Gasteiger partial charge in [0.15, 0.2) is 0 Å². The van der Waals surface area contributed by atoms with Gasteiger partial charge < -0.3 is 15.0 Å². The molecular formula is C22H26N4O3. The monoisotopic (exact) mass is 394 g/mol. The van der Waals surface area contributed by atoms with Gasteiger partial charge in [0.2, 0.25) is 5.91 Å². The minimum absolute atomic E-state index is 0.136. The van der Waals surface area contributed by atoms with Gasteiger partial charge in [0.25, 0.3) is 5.91 Å². The van der Waals surface area contributed by atoms with Gasteiger partial charge in [-0.05, 0) is 42.7 Å². The SMILES string of the molecule is COc1cc(C(=O)N2CCC[C@@H]2C(=O)Nc2ccccc2)ccc1C1CNNC1. The Morgan fingerprint density at radius 2 is 1.86 bits per heavy atom. The van der Waals surface area contributed by atoms with Gasteiger partial charge in [-0.15, -0.1) is 0 Å². The molecule has 2 heterocycles. The van der Waals surface area contributed by atoms with Crippen LogP contribution in [-0.4, -0.2) is 49.5 Å². The number of nitrogens with zero attached hydrogens (tertiary/aromatic N) is 1. The number of methoxy groups -OCH3 is 1. The Hall–Kier alpha value is -2.90. The molecule has 0 bridgehead atoms. The van der Waals surface area contributed by atoms with E-state index in [-0.39, 0.29) is 11.8 Å². The van der Waals surface area contributed by atoms with E-state index >= 15 is 0 Å². The smallest absolute Gasteiger partial charge is 0.254 e. The standard InChI is InChI=1S/C22H26N4O3/c1-29-20-12-15(9-10-18(20)16-13-23-24-14-16)22(28)26-11-5-8-19(26)21(27)25-17-6-3-2-4-7-17/h2-4,6-7,9-10,12,16,19,23-24H,5,8,11,13-14H2,1H3,(H,25,27)/t19-/m1/s1. The van der Waals surface area contributed by atoms with Crippen LogP contribution in [-0.2, 0) is 4.79 Å². The number of carbonyl (C=O) groups is 2. The maximum absolute atomic E-state index is 13.2. The molecule has 0 spiro atoms. The molecular weight excluding hydrogens is 368 g/mol. The molecule has 2 aliphatic heterocycles. The van der Waals surface area contributed by atoms with Gasteiger partial charge in [-0.25, -0.2) is 0 Å². The lowest BCUT2D eigenvalue weighted by molar-refractivity contribution is -0.119. The fourth-order valence-electron chi connectivity index (χ4n) is 4.06. The molecule has 2 aromatic rings. The quantitative estimate of drug-likeness (QED) is 0.724. The molecule has 1 atom stereocenters. The Kier molecular flexibility index (Phi) is 5.78. The molecule has 2 aliphatic rings. The lowest BCUT2D eigenvalue weighted by Crippen LogP contribution is -2.43. The fourth-order valence-corrected chi connectivity index (χ4v) is 4.06. The van der Waals surface area contributed by atoms with Crippen molar-refractivity contribution in [2.75, 3.05) is 32.1 Å². The van der Waals surface area contributed by atoms with Crippen LogP contribution in [0.3, 0.4) is 0 Å². The molecule has 0 aliphatic carbocycles. The Morgan fingerprint density at radius 3 is 2.59 bits per heavy atom. The molecule has 0 radical (unpaired) electrons. The molecule has 7 nitrogen and oxygen atoms in total. The summed E-state index contributed by atoms with van der Waals surface area (Å²) in [6, 6.07) is 14.5. The zero-order valence-corrected chi connectivity index (χ0v) is 16.5. The van der Waals surface area contributed by atoms with E-state index in [9.17, 15) is 9.59 Å². The molecule has 0 aromatic heterocycles. The average molecular weight is 394 g/mol. The zero-order valence-electron chi connectivity index (χ0n) is 16.5. The first kappa shape index (κ1) is 19.4. The summed E-state index contributed by atoms with van der Waals surface area (Å²) in [4.78, 5) is 27.6. The zero-order chi connectivity index (χ0) is 20.2. The van der Waals surface area contributed by atoms with Crippen LogP contribution in [0.1, 0.15) is 34.7 Å². The van der Waals surface area contributed by atoms with E-state index in [4.69, 9.17) is 4.74 Å². The number of likely N-dealkylation sites (tertiary alicyclic amines) is 1. The molecule has 2 fully saturated rings. The third-order valence-corrected chi connectivity index (χ3v) is 5.60. The number of hydrogen-bond donors (Lipinski definition) is 3. The Bertz CT molecular complexity index is 881. The van der Waals surface area contributed by atoms with E-state index < -0.39 is 6.04 Å². The molecule has 152 valence electrons. The van der Waals surface area contributed by atoms with Crippen LogP contribution >= 0.6 is 0 Å². The van der Waals surface area contributed by atoms with Gasteiger partial charge in [-0.1, -0.05) is 24.3 Å². The van der Waals surface area contributed by atoms with E-state index in [1.807, 2.05) is 42.5 Å². The summed E-state index contributed by atoms with van der Waals surface area (Å²) in [5, 5.41) is 2.92. The maximum atomic E-state index is 13.2. The Morgan fingerprint density at radius 1 is 1.10 bits per heavy atom. The summed E-state index contributed by atoms with van der Waals surface area (Å²) >= 11 is 0. The second kappa shape index (κ2) is 8.63. The Balaban J connectivity index is 1.51. The van der Waals surface area contributed by atoms with Crippen LogP contribution in [0.5, 0.6) is 5.75 Å². The van der Waals surface area contributed by atoms with E-state index in [1.165, 1.54) is 0 Å². The van der Waals surface area contributed by atoms with Crippen LogP contribution in [0.25, 0.3) is 0 Å². The van der Waals surface area contributed by atoms with Crippen LogP contribution in [0.2, 0.25) is 0 Å². The normalized spacial score (nSPS) is 19.3. The second-order valence-corrected chi connectivity index (χ2v) is 7.43. The first-order chi connectivity index (χ1) is 14.2. The fraction of sp³-hybridized carbons (Fsp3) is 0.364. The maximum Gasteiger partial charge on any atom is 0.254 e. The molecule has 29 heavy (non-hydrogen) atoms. The highest BCUT2D eigenvalue weighted by Gasteiger charge is 2.35. The first-order valence-corrected chi connectivity index (χ1v) is 9.98. The van der Waals surface area contributed by atoms with Crippen molar-refractivity contribution in [3.8, 4) is 5.75 Å². The lowest BCUT2D eigenvalue weighted by Gasteiger charge is -2.24. The molecule has 2 saturated heterocycles. The largest absolute Gasteiger partial charge is 0.496 e. The molecule has 3 N–H and O–H groups in total. The van der Waals surface area contributed by atoms with E-state index in [0.29, 0.717) is 30.2 Å². The summed E-state index contributed by atoms with van der Waals surface area (Å²) in [6.07, 6.45) is 1.48. The third-order valence-electron chi connectivity index (χ3n) is 5.60. The van der Waals surface area contributed by atoms with E-state index in [0.717, 1.165) is 30.8 Å². The van der Waals surface area contributed by atoms with Crippen molar-refractivity contribution in [1.29, 1.82) is 0 Å². The number of rotatable bonds is 5. The van der Waals surface area contributed by atoms with Crippen LogP contribution < -0.4 is 20.9 Å². The molecule has 4 rings (SSSR count). The van der Waals surface area contributed by atoms with Gasteiger partial charge in [0, 0.05) is 36.8 Å². The van der Waals surface area contributed by atoms with Crippen LogP contribution in [0.15, 0.2) is 48.5 Å². The molecule has 7 heteroatoms. The summed E-state index contributed by atoms with van der Waals surface area (Å²) in [6.45, 7) is 2.21. The third kappa shape index (κ3) is 4.11. The molecule has 0 unspecified atom stereocenters. The predicted octanol–water partition coefficient (Wildman–Crippen LogP) is 2.13. The number of hydrazine groups is 1. The van der Waals surface area contributed by atoms with Crippen molar-refractivity contribution in [2.24, 2.45) is 0 Å². The minimum Gasteiger partial charge on any atom is -0.496 e. The number of carbonyl (C=O) groups excluding carboxylic acids is 2. The predicted molar refractivity (Wildman–Crippen MR) is 111 cm³/mol. The lowest BCUT2D eigenvalue weighted by atomic mass is 9.97. The van der Waals surface area contributed by atoms with Crippen LogP contribution in [0.4, 0.5) is 5.69 Å². The van der Waals surface area contributed by atoms with Gasteiger partial charge >= 0.3 is 0 Å². The van der Waals surface area contributed by atoms with Gasteiger partial charge in [0.1, 0.15) is 11.8 Å². The van der Waals surface area contributed by atoms with E-state index in [2.05, 4.69) is 16.2 Å². The van der Waals surface area contributed by atoms with Crippen molar-refractivity contribution in [2.45, 2.75) is 24.8 Å². The van der Waals surface area contributed by atoms with Gasteiger partial charge in [0.05, 0.1) is 7.11 Å². The topological polar surface area (TPSA) is 82.7 Å². The number of para-hydroxylation sites is 1.